The maximum absolute atomic E-state index is 13.1. The molecule has 0 aromatic heterocycles. The molecule has 11 nitrogen and oxygen atoms in total. The normalized spacial score (nSPS) is 15.9. The summed E-state index contributed by atoms with van der Waals surface area (Å²) in [6.45, 7) is 1.79. The monoisotopic (exact) mass is 468 g/mol. The van der Waals surface area contributed by atoms with E-state index in [2.05, 4.69) is 10.1 Å². The van der Waals surface area contributed by atoms with E-state index in [4.69, 9.17) is 18.9 Å². The molecule has 2 aliphatic heterocycles. The molecule has 176 valence electrons. The summed E-state index contributed by atoms with van der Waals surface area (Å²) in [5, 5.41) is 2.17. The van der Waals surface area contributed by atoms with E-state index in [0.717, 1.165) is 4.90 Å². The number of nitrogens with one attached hydrogen (secondary N) is 1. The minimum Gasteiger partial charge on any atom is -0.490 e. The van der Waals surface area contributed by atoms with E-state index in [-0.39, 0.29) is 30.4 Å². The quantitative estimate of drug-likeness (QED) is 0.369. The Hall–Kier alpha value is -4.54. The summed E-state index contributed by atoms with van der Waals surface area (Å²) in [5.74, 6) is -0.763. The van der Waals surface area contributed by atoms with Crippen LogP contribution in [0.2, 0.25) is 0 Å². The van der Waals surface area contributed by atoms with Crippen molar-refractivity contribution in [2.24, 2.45) is 0 Å². The molecule has 34 heavy (non-hydrogen) atoms. The van der Waals surface area contributed by atoms with Crippen LogP contribution in [0.5, 0.6) is 23.0 Å². The molecule has 2 heterocycles. The first-order valence-electron chi connectivity index (χ1n) is 10.2. The Morgan fingerprint density at radius 2 is 1.85 bits per heavy atom. The van der Waals surface area contributed by atoms with Crippen LogP contribution in [0.3, 0.4) is 0 Å². The molecule has 0 atom stereocenters. The highest BCUT2D eigenvalue weighted by Gasteiger charge is 2.37. The third-order valence-corrected chi connectivity index (χ3v) is 4.87. The Kier molecular flexibility index (Phi) is 6.35. The number of methoxy groups -OCH3 is 1. The predicted molar refractivity (Wildman–Crippen MR) is 117 cm³/mol. The third-order valence-electron chi connectivity index (χ3n) is 4.87. The Morgan fingerprint density at radius 1 is 1.06 bits per heavy atom. The van der Waals surface area contributed by atoms with Crippen molar-refractivity contribution in [3.63, 3.8) is 0 Å². The zero-order valence-electron chi connectivity index (χ0n) is 18.3. The molecule has 2 aliphatic rings. The molecule has 1 saturated heterocycles. The van der Waals surface area contributed by atoms with Gasteiger partial charge in [-0.1, -0.05) is 6.07 Å². The third kappa shape index (κ3) is 4.49. The highest BCUT2D eigenvalue weighted by Crippen LogP contribution is 2.36. The number of barbiturate groups is 1. The topological polar surface area (TPSA) is 130 Å². The number of anilines is 1. The predicted octanol–water partition coefficient (Wildman–Crippen LogP) is 2.03. The van der Waals surface area contributed by atoms with Crippen molar-refractivity contribution in [1.82, 2.24) is 5.32 Å². The molecule has 11 heteroatoms. The average Bonchev–Trinajstić information content (AvgIpc) is 3.29. The van der Waals surface area contributed by atoms with Gasteiger partial charge in [-0.3, -0.25) is 14.9 Å². The van der Waals surface area contributed by atoms with Gasteiger partial charge in [0.25, 0.3) is 11.8 Å². The first kappa shape index (κ1) is 22.6. The van der Waals surface area contributed by atoms with Gasteiger partial charge in [-0.15, -0.1) is 0 Å². The molecule has 2 aromatic rings. The zero-order chi connectivity index (χ0) is 24.2. The van der Waals surface area contributed by atoms with E-state index in [1.807, 2.05) is 0 Å². The second-order valence-corrected chi connectivity index (χ2v) is 7.00. The lowest BCUT2D eigenvalue weighted by Gasteiger charge is -2.26. The van der Waals surface area contributed by atoms with Crippen LogP contribution < -0.4 is 29.2 Å². The number of nitrogens with zero attached hydrogens (tertiary/aromatic N) is 1. The van der Waals surface area contributed by atoms with Crippen molar-refractivity contribution < 1.29 is 42.9 Å². The number of hydrogen-bond acceptors (Lipinski definition) is 9. The van der Waals surface area contributed by atoms with Gasteiger partial charge in [0.2, 0.25) is 6.79 Å². The van der Waals surface area contributed by atoms with Crippen molar-refractivity contribution in [3.05, 3.63) is 47.5 Å². The van der Waals surface area contributed by atoms with Crippen LogP contribution in [0.15, 0.2) is 42.0 Å². The SMILES string of the molecule is CCOc1cc(/C=C2\C(=O)NC(=O)N(c3ccc4c(c3)OCO4)C2=O)ccc1OCC(=O)OC. The van der Waals surface area contributed by atoms with Crippen molar-refractivity contribution in [3.8, 4) is 23.0 Å². The van der Waals surface area contributed by atoms with Gasteiger partial charge < -0.3 is 23.7 Å². The second kappa shape index (κ2) is 9.53. The number of benzene rings is 2. The molecule has 0 saturated carbocycles. The van der Waals surface area contributed by atoms with E-state index in [0.29, 0.717) is 29.4 Å². The average molecular weight is 468 g/mol. The van der Waals surface area contributed by atoms with Crippen molar-refractivity contribution in [1.29, 1.82) is 0 Å². The Morgan fingerprint density at radius 3 is 2.62 bits per heavy atom. The molecule has 0 radical (unpaired) electrons. The van der Waals surface area contributed by atoms with Crippen LogP contribution in [-0.4, -0.2) is 50.9 Å². The number of amides is 4. The van der Waals surface area contributed by atoms with E-state index in [1.54, 1.807) is 25.1 Å². The number of imide groups is 2. The molecular weight excluding hydrogens is 448 g/mol. The van der Waals surface area contributed by atoms with Crippen LogP contribution in [0.4, 0.5) is 10.5 Å². The highest BCUT2D eigenvalue weighted by atomic mass is 16.7. The number of carbonyl (C=O) groups is 4. The summed E-state index contributed by atoms with van der Waals surface area (Å²) < 4.78 is 26.1. The fourth-order valence-electron chi connectivity index (χ4n) is 3.28. The van der Waals surface area contributed by atoms with Gasteiger partial charge in [0, 0.05) is 6.07 Å². The summed E-state index contributed by atoms with van der Waals surface area (Å²) in [7, 11) is 1.24. The van der Waals surface area contributed by atoms with Crippen LogP contribution in [0.25, 0.3) is 6.08 Å². The van der Waals surface area contributed by atoms with Crippen molar-refractivity contribution >= 4 is 35.6 Å². The molecule has 1 N–H and O–H groups in total. The molecule has 0 aliphatic carbocycles. The van der Waals surface area contributed by atoms with Crippen LogP contribution in [0.1, 0.15) is 12.5 Å². The largest absolute Gasteiger partial charge is 0.490 e. The minimum absolute atomic E-state index is 0.0318. The first-order valence-corrected chi connectivity index (χ1v) is 10.2. The summed E-state index contributed by atoms with van der Waals surface area (Å²) in [6, 6.07) is 8.33. The summed E-state index contributed by atoms with van der Waals surface area (Å²) >= 11 is 0. The fraction of sp³-hybridized carbons (Fsp3) is 0.217. The molecule has 0 bridgehead atoms. The van der Waals surface area contributed by atoms with Crippen LogP contribution in [-0.2, 0) is 19.1 Å². The molecule has 2 aromatic carbocycles. The highest BCUT2D eigenvalue weighted by molar-refractivity contribution is 6.39. The number of rotatable bonds is 7. The second-order valence-electron chi connectivity index (χ2n) is 7.00. The Labute approximate surface area is 193 Å². The maximum atomic E-state index is 13.1. The lowest BCUT2D eigenvalue weighted by Crippen LogP contribution is -2.54. The number of hydrogen-bond donors (Lipinski definition) is 1. The van der Waals surface area contributed by atoms with Crippen molar-refractivity contribution in [2.45, 2.75) is 6.92 Å². The number of urea groups is 1. The summed E-state index contributed by atoms with van der Waals surface area (Å²) in [6.07, 6.45) is 1.33. The zero-order valence-corrected chi connectivity index (χ0v) is 18.3. The molecule has 4 rings (SSSR count). The summed E-state index contributed by atoms with van der Waals surface area (Å²) in [4.78, 5) is 50.3. The van der Waals surface area contributed by atoms with E-state index < -0.39 is 23.8 Å². The van der Waals surface area contributed by atoms with Gasteiger partial charge in [-0.25, -0.2) is 14.5 Å². The van der Waals surface area contributed by atoms with Crippen LogP contribution >= 0.6 is 0 Å². The van der Waals surface area contributed by atoms with Gasteiger partial charge in [0.15, 0.2) is 29.6 Å². The first-order chi connectivity index (χ1) is 16.4. The summed E-state index contributed by atoms with van der Waals surface area (Å²) in [5.41, 5.74) is 0.391. The molecule has 0 spiro atoms. The van der Waals surface area contributed by atoms with Gasteiger partial charge in [0.1, 0.15) is 5.57 Å². The molecule has 0 unspecified atom stereocenters. The Bertz CT molecular complexity index is 1200. The lowest BCUT2D eigenvalue weighted by molar-refractivity contribution is -0.143. The smallest absolute Gasteiger partial charge is 0.343 e. The van der Waals surface area contributed by atoms with Crippen molar-refractivity contribution in [2.75, 3.05) is 32.0 Å². The number of esters is 1. The fourth-order valence-corrected chi connectivity index (χ4v) is 3.28. The molecule has 4 amide bonds. The molecule has 1 fully saturated rings. The van der Waals surface area contributed by atoms with E-state index in [1.165, 1.54) is 31.4 Å². The van der Waals surface area contributed by atoms with E-state index in [9.17, 15) is 19.2 Å². The van der Waals surface area contributed by atoms with E-state index >= 15 is 0 Å². The number of carbonyl (C=O) groups excluding carboxylic acids is 4. The number of fused-ring (bicyclic) bond motifs is 1. The lowest BCUT2D eigenvalue weighted by atomic mass is 10.1. The standard InChI is InChI=1S/C23H20N2O9/c1-3-31-18-9-13(4-6-16(18)32-11-20(26)30-2)8-15-21(27)24-23(29)25(22(15)28)14-5-7-17-19(10-14)34-12-33-17/h4-10H,3,11-12H2,1-2H3,(H,24,27,29)/b15-8+. The van der Waals surface area contributed by atoms with Gasteiger partial charge in [0.05, 0.1) is 19.4 Å². The van der Waals surface area contributed by atoms with Crippen LogP contribution in [0, 0.1) is 0 Å². The minimum atomic E-state index is -0.882. The van der Waals surface area contributed by atoms with Gasteiger partial charge in [-0.2, -0.15) is 0 Å². The van der Waals surface area contributed by atoms with Gasteiger partial charge >= 0.3 is 12.0 Å². The Balaban J connectivity index is 1.63. The number of ether oxygens (including phenoxy) is 5. The van der Waals surface area contributed by atoms with Gasteiger partial charge in [-0.05, 0) is 42.8 Å². The maximum Gasteiger partial charge on any atom is 0.343 e. The molecular formula is C23H20N2O9.